The molecule has 20 nitrogen and oxygen atoms in total. The molecule has 3 N–H and O–H groups in total. The molecule has 6 heterocycles. The second kappa shape index (κ2) is 28.7. The van der Waals surface area contributed by atoms with Crippen molar-refractivity contribution in [3.8, 4) is 39.1 Å². The third-order valence-electron chi connectivity index (χ3n) is 16.1. The summed E-state index contributed by atoms with van der Waals surface area (Å²) < 4.78 is 53.3. The van der Waals surface area contributed by atoms with Gasteiger partial charge in [-0.25, -0.2) is 9.37 Å². The zero-order chi connectivity index (χ0) is 61.3. The van der Waals surface area contributed by atoms with Crippen molar-refractivity contribution in [2.75, 3.05) is 96.9 Å². The van der Waals surface area contributed by atoms with E-state index >= 15 is 4.39 Å². The van der Waals surface area contributed by atoms with Gasteiger partial charge in [0.25, 0.3) is 0 Å². The fourth-order valence-electron chi connectivity index (χ4n) is 11.7. The minimum atomic E-state index is -0.867. The highest BCUT2D eigenvalue weighted by Crippen LogP contribution is 2.43. The number of hydrogen-bond acceptors (Lipinski definition) is 18. The van der Waals surface area contributed by atoms with Crippen LogP contribution in [0.5, 0.6) is 17.5 Å². The van der Waals surface area contributed by atoms with Crippen molar-refractivity contribution in [1.29, 1.82) is 0 Å². The van der Waals surface area contributed by atoms with Gasteiger partial charge in [-0.15, -0.1) is 11.3 Å². The van der Waals surface area contributed by atoms with E-state index < -0.39 is 23.9 Å². The van der Waals surface area contributed by atoms with Crippen LogP contribution in [0.1, 0.15) is 68.7 Å². The molecular formula is C64H75ClFN9O11S. The van der Waals surface area contributed by atoms with Gasteiger partial charge in [-0.2, -0.15) is 9.97 Å². The normalized spacial score (nSPS) is 17.6. The van der Waals surface area contributed by atoms with Gasteiger partial charge in [-0.3, -0.25) is 19.3 Å². The number of aromatic nitrogens is 4. The van der Waals surface area contributed by atoms with Crippen LogP contribution >= 0.6 is 22.9 Å². The number of likely N-dealkylation sites (tertiary alicyclic amines) is 2. The molecular weight excluding hydrogens is 1160 g/mol. The predicted molar refractivity (Wildman–Crippen MR) is 330 cm³/mol. The zero-order valence-corrected chi connectivity index (χ0v) is 51.3. The van der Waals surface area contributed by atoms with Gasteiger partial charge in [-0.05, 0) is 91.8 Å². The summed E-state index contributed by atoms with van der Waals surface area (Å²) in [5.41, 5.74) is 5.57. The van der Waals surface area contributed by atoms with Crippen LogP contribution < -0.4 is 19.7 Å². The standard InChI is InChI=1S/C64H75ClFN9O11S/c1-7-55(78)73-18-20-74(21-19-73)61-50-33-51(65)57(49-31-45(76)29-42-10-8-9-11-48(42)49)58(66)59(50)69-64(70-61)85-40(5)35-72-16-14-47(15-17-72)83-26-24-81-22-23-82-25-27-84-53-30-43(60-41(6)68-37-87-60)12-13-44(53)34-67-62(79)52-32-46(77)36-75(52)63(80)56(38(2)3)54-28-39(4)71-86-54/h7-13,28-31,33,37-38,40,46-47,52,56,76-77H,1,14-27,32,34-36H2,2-6H3,(H,67,79)/t40-,46?,52?,56+/m1/s1. The first-order chi connectivity index (χ1) is 42.0. The number of aliphatic hydroxyl groups excluding tert-OH is 1. The molecule has 3 amide bonds. The first kappa shape index (κ1) is 62.7. The second-order valence-electron chi connectivity index (χ2n) is 22.7. The van der Waals surface area contributed by atoms with Gasteiger partial charge in [-0.1, -0.05) is 73.6 Å². The van der Waals surface area contributed by atoms with E-state index in [1.807, 2.05) is 75.1 Å². The quantitative estimate of drug-likeness (QED) is 0.0358. The molecule has 0 bridgehead atoms. The number of β-amino-alcohol motifs (C(OH)–C–C–N with tert-alkyl or cyclic N) is 1. The Morgan fingerprint density at radius 1 is 0.920 bits per heavy atom. The van der Waals surface area contributed by atoms with Gasteiger partial charge < -0.3 is 58.4 Å². The first-order valence-corrected chi connectivity index (χ1v) is 30.9. The number of carbonyl (C=O) groups excluding carboxylic acids is 3. The summed E-state index contributed by atoms with van der Waals surface area (Å²) in [5.74, 6) is -0.868. The van der Waals surface area contributed by atoms with Gasteiger partial charge in [0.05, 0.1) is 72.0 Å². The van der Waals surface area contributed by atoms with Gasteiger partial charge >= 0.3 is 6.01 Å². The summed E-state index contributed by atoms with van der Waals surface area (Å²) in [6.07, 6.45) is 1.91. The average molecular weight is 1230 g/mol. The third-order valence-corrected chi connectivity index (χ3v) is 17.4. The number of hydrogen-bond donors (Lipinski definition) is 3. The lowest BCUT2D eigenvalue weighted by Gasteiger charge is -2.35. The molecule has 0 spiro atoms. The number of aromatic hydroxyl groups is 1. The van der Waals surface area contributed by atoms with E-state index in [1.165, 1.54) is 28.4 Å². The number of thiazole rings is 1. The lowest BCUT2D eigenvalue weighted by atomic mass is 9.91. The maximum Gasteiger partial charge on any atom is 0.319 e. The van der Waals surface area contributed by atoms with Gasteiger partial charge in [0.2, 0.25) is 17.7 Å². The number of piperazine rings is 1. The van der Waals surface area contributed by atoms with Crippen LogP contribution in [-0.2, 0) is 35.1 Å². The van der Waals surface area contributed by atoms with Crippen LogP contribution in [0.3, 0.4) is 0 Å². The van der Waals surface area contributed by atoms with E-state index in [4.69, 9.17) is 44.8 Å². The number of anilines is 1. The van der Waals surface area contributed by atoms with Crippen LogP contribution in [0, 0.1) is 25.6 Å². The topological polar surface area (TPSA) is 228 Å². The molecule has 3 aliphatic heterocycles. The van der Waals surface area contributed by atoms with Crippen LogP contribution in [0.25, 0.3) is 43.2 Å². The molecule has 3 saturated heterocycles. The molecule has 0 aliphatic carbocycles. The molecule has 2 unspecified atom stereocenters. The number of nitrogens with one attached hydrogen (secondary N) is 1. The molecule has 0 radical (unpaired) electrons. The first-order valence-electron chi connectivity index (χ1n) is 29.6. The molecule has 3 aliphatic rings. The molecule has 462 valence electrons. The van der Waals surface area contributed by atoms with Crippen molar-refractivity contribution in [3.63, 3.8) is 0 Å². The summed E-state index contributed by atoms with van der Waals surface area (Å²) in [5, 5.41) is 30.3. The number of carbonyl (C=O) groups is 3. The van der Waals surface area contributed by atoms with Crippen molar-refractivity contribution in [3.05, 3.63) is 118 Å². The predicted octanol–water partition coefficient (Wildman–Crippen LogP) is 8.89. The fraction of sp³-hybridized carbons (Fsp3) is 0.453. The summed E-state index contributed by atoms with van der Waals surface area (Å²) >= 11 is 8.47. The zero-order valence-electron chi connectivity index (χ0n) is 49.7. The smallest absolute Gasteiger partial charge is 0.319 e. The number of phenolic OH excluding ortho intramolecular Hbond substituents is 1. The Labute approximate surface area is 514 Å². The van der Waals surface area contributed by atoms with E-state index in [-0.39, 0.29) is 89.8 Å². The number of nitrogens with zero attached hydrogens (tertiary/aromatic N) is 8. The minimum absolute atomic E-state index is 0.0139. The lowest BCUT2D eigenvalue weighted by Crippen LogP contribution is -2.48. The highest BCUT2D eigenvalue weighted by Gasteiger charge is 2.43. The van der Waals surface area contributed by atoms with Gasteiger partial charge in [0.15, 0.2) is 5.82 Å². The fourth-order valence-corrected chi connectivity index (χ4v) is 12.8. The maximum absolute atomic E-state index is 17.2. The molecule has 4 atom stereocenters. The van der Waals surface area contributed by atoms with Crippen LogP contribution in [0.4, 0.5) is 10.2 Å². The largest absolute Gasteiger partial charge is 0.508 e. The van der Waals surface area contributed by atoms with E-state index in [1.54, 1.807) is 35.5 Å². The van der Waals surface area contributed by atoms with Crippen LogP contribution in [0.2, 0.25) is 5.02 Å². The Morgan fingerprint density at radius 3 is 2.38 bits per heavy atom. The van der Waals surface area contributed by atoms with Crippen molar-refractivity contribution >= 4 is 68.2 Å². The van der Waals surface area contributed by atoms with Gasteiger partial charge in [0.1, 0.15) is 53.3 Å². The highest BCUT2D eigenvalue weighted by atomic mass is 35.5. The van der Waals surface area contributed by atoms with Crippen molar-refractivity contribution < 1.29 is 57.2 Å². The molecule has 3 fully saturated rings. The minimum Gasteiger partial charge on any atom is -0.508 e. The van der Waals surface area contributed by atoms with Crippen LogP contribution in [0.15, 0.2) is 89.4 Å². The third kappa shape index (κ3) is 15.0. The number of ether oxygens (including phenoxy) is 5. The van der Waals surface area contributed by atoms with Crippen LogP contribution in [-0.4, -0.2) is 179 Å². The number of fused-ring (bicyclic) bond motifs is 2. The molecule has 7 aromatic rings. The van der Waals surface area contributed by atoms with E-state index in [0.29, 0.717) is 105 Å². The number of aryl methyl sites for hydroxylation is 2. The maximum atomic E-state index is 17.2. The number of phenols is 1. The Morgan fingerprint density at radius 2 is 1.67 bits per heavy atom. The summed E-state index contributed by atoms with van der Waals surface area (Å²) in [4.78, 5) is 62.6. The molecule has 3 aromatic heterocycles. The molecule has 4 aromatic carbocycles. The van der Waals surface area contributed by atoms with Crippen molar-refractivity contribution in [1.82, 2.24) is 40.1 Å². The molecule has 23 heteroatoms. The monoisotopic (exact) mass is 1230 g/mol. The number of amides is 3. The lowest BCUT2D eigenvalue weighted by molar-refractivity contribution is -0.141. The SMILES string of the molecule is C=CC(=O)N1CCN(c2nc(O[C@H](C)CN3CCC(OCCOCCOCCOc4cc(-c5scnc5C)ccc4CNC(=O)C4CC(O)CN4C(=O)[C@H](c4cc(C)no4)C(C)C)CC3)nc3c(F)c(-c4cc(O)cc5ccccc45)c(Cl)cc23)CC1. The number of aliphatic hydroxyl groups is 1. The summed E-state index contributed by atoms with van der Waals surface area (Å²) in [7, 11) is 0. The molecule has 10 rings (SSSR count). The van der Waals surface area contributed by atoms with E-state index in [9.17, 15) is 24.6 Å². The molecule has 0 saturated carbocycles. The molecule has 87 heavy (non-hydrogen) atoms. The van der Waals surface area contributed by atoms with Gasteiger partial charge in [0, 0.05) is 87.9 Å². The Bertz CT molecular complexity index is 3570. The van der Waals surface area contributed by atoms with E-state index in [0.717, 1.165) is 53.0 Å². The summed E-state index contributed by atoms with van der Waals surface area (Å²) in [6.45, 7) is 19.2. The number of halogens is 2. The average Bonchev–Trinajstić information content (AvgIpc) is 3.64. The Hall–Kier alpha value is -7.31. The number of benzene rings is 4. The summed E-state index contributed by atoms with van der Waals surface area (Å²) in [6, 6.07) is 18.9. The highest BCUT2D eigenvalue weighted by molar-refractivity contribution is 7.13. The number of piperidine rings is 1. The van der Waals surface area contributed by atoms with Crippen molar-refractivity contribution in [2.24, 2.45) is 5.92 Å². The van der Waals surface area contributed by atoms with Crippen molar-refractivity contribution in [2.45, 2.75) is 90.7 Å². The second-order valence-corrected chi connectivity index (χ2v) is 23.9. The van der Waals surface area contributed by atoms with E-state index in [2.05, 4.69) is 31.9 Å². The Balaban J connectivity index is 0.669. The Kier molecular flexibility index (Phi) is 20.7. The number of rotatable bonds is 25.